The predicted octanol–water partition coefficient (Wildman–Crippen LogP) is 3.94. The van der Waals surface area contributed by atoms with Gasteiger partial charge in [-0.1, -0.05) is 30.9 Å². The Morgan fingerprint density at radius 3 is 2.78 bits per heavy atom. The molecule has 1 fully saturated rings. The molecule has 1 N–H and O–H groups in total. The number of anilines is 1. The lowest BCUT2D eigenvalue weighted by atomic mass is 10.1. The Morgan fingerprint density at radius 1 is 1.22 bits per heavy atom. The van der Waals surface area contributed by atoms with Crippen LogP contribution in [0.15, 0.2) is 47.4 Å². The number of nitrogens with zero attached hydrogens (tertiary/aromatic N) is 3. The largest absolute Gasteiger partial charge is 0.508 e. The molecule has 1 aliphatic rings. The number of allylic oxidation sites excluding steroid dienone is 2. The molecule has 1 aliphatic heterocycles. The van der Waals surface area contributed by atoms with E-state index in [1.54, 1.807) is 24.3 Å². The number of hydrogen-bond donors (Lipinski definition) is 1. The van der Waals surface area contributed by atoms with E-state index in [1.807, 2.05) is 25.1 Å². The van der Waals surface area contributed by atoms with Gasteiger partial charge in [0.1, 0.15) is 17.0 Å². The number of fused-ring (bicyclic) bond motifs is 1. The van der Waals surface area contributed by atoms with Crippen molar-refractivity contribution in [3.63, 3.8) is 0 Å². The Kier molecular flexibility index (Phi) is 4.64. The molecule has 2 aromatic heterocycles. The summed E-state index contributed by atoms with van der Waals surface area (Å²) in [4.78, 5) is 11.7. The summed E-state index contributed by atoms with van der Waals surface area (Å²) in [6, 6.07) is 6.96. The number of phenols is 1. The minimum atomic E-state index is 0.180. The summed E-state index contributed by atoms with van der Waals surface area (Å²) in [5, 5.41) is 9.86. The molecule has 6 heteroatoms. The van der Waals surface area contributed by atoms with Gasteiger partial charge in [0.05, 0.1) is 13.2 Å². The number of morpholine rings is 1. The van der Waals surface area contributed by atoms with E-state index in [4.69, 9.17) is 19.1 Å². The van der Waals surface area contributed by atoms with E-state index < -0.39 is 0 Å². The van der Waals surface area contributed by atoms with Crippen molar-refractivity contribution < 1.29 is 14.3 Å². The number of aryl methyl sites for hydroxylation is 1. The van der Waals surface area contributed by atoms with Gasteiger partial charge >= 0.3 is 0 Å². The van der Waals surface area contributed by atoms with Crippen LogP contribution in [-0.2, 0) is 4.74 Å². The molecule has 3 heterocycles. The van der Waals surface area contributed by atoms with Crippen LogP contribution in [0, 0.1) is 6.92 Å². The first-order valence-corrected chi connectivity index (χ1v) is 8.89. The van der Waals surface area contributed by atoms with Crippen molar-refractivity contribution in [2.45, 2.75) is 6.92 Å². The molecule has 0 atom stereocenters. The fourth-order valence-electron chi connectivity index (χ4n) is 3.21. The average molecular weight is 363 g/mol. The number of aromatic nitrogens is 2. The second kappa shape index (κ2) is 7.25. The molecule has 27 heavy (non-hydrogen) atoms. The van der Waals surface area contributed by atoms with Crippen molar-refractivity contribution in [1.29, 1.82) is 0 Å². The van der Waals surface area contributed by atoms with Gasteiger partial charge in [0.15, 0.2) is 17.2 Å². The first kappa shape index (κ1) is 17.3. The Balaban J connectivity index is 1.96. The zero-order valence-electron chi connectivity index (χ0n) is 15.2. The van der Waals surface area contributed by atoms with Crippen LogP contribution in [0.3, 0.4) is 0 Å². The van der Waals surface area contributed by atoms with Crippen molar-refractivity contribution in [3.05, 3.63) is 54.3 Å². The number of rotatable bonds is 4. The summed E-state index contributed by atoms with van der Waals surface area (Å²) in [5.74, 6) is 2.26. The molecule has 6 nitrogen and oxygen atoms in total. The summed E-state index contributed by atoms with van der Waals surface area (Å²) in [6.45, 7) is 8.43. The van der Waals surface area contributed by atoms with Crippen LogP contribution < -0.4 is 4.90 Å². The maximum Gasteiger partial charge on any atom is 0.195 e. The zero-order chi connectivity index (χ0) is 18.8. The van der Waals surface area contributed by atoms with Gasteiger partial charge in [-0.15, -0.1) is 0 Å². The summed E-state index contributed by atoms with van der Waals surface area (Å²) in [6.07, 6.45) is 5.52. The smallest absolute Gasteiger partial charge is 0.195 e. The summed E-state index contributed by atoms with van der Waals surface area (Å²) < 4.78 is 11.5. The molecule has 0 spiro atoms. The van der Waals surface area contributed by atoms with Gasteiger partial charge in [-0.25, -0.2) is 9.97 Å². The number of ether oxygens (including phenoxy) is 1. The minimum Gasteiger partial charge on any atom is -0.508 e. The molecule has 0 unspecified atom stereocenters. The lowest BCUT2D eigenvalue weighted by Crippen LogP contribution is -2.37. The van der Waals surface area contributed by atoms with Gasteiger partial charge in [0.2, 0.25) is 0 Å². The second-order valence-corrected chi connectivity index (χ2v) is 6.37. The van der Waals surface area contributed by atoms with Gasteiger partial charge in [-0.2, -0.15) is 0 Å². The van der Waals surface area contributed by atoms with Crippen molar-refractivity contribution in [1.82, 2.24) is 9.97 Å². The molecule has 1 aromatic carbocycles. The topological polar surface area (TPSA) is 71.6 Å². The highest BCUT2D eigenvalue weighted by Crippen LogP contribution is 2.34. The van der Waals surface area contributed by atoms with Crippen LogP contribution in [0.4, 0.5) is 5.82 Å². The molecule has 1 saturated heterocycles. The molecule has 3 aromatic rings. The van der Waals surface area contributed by atoms with E-state index in [-0.39, 0.29) is 5.75 Å². The van der Waals surface area contributed by atoms with Gasteiger partial charge in [0, 0.05) is 24.2 Å². The summed E-state index contributed by atoms with van der Waals surface area (Å²) in [7, 11) is 0. The van der Waals surface area contributed by atoms with Gasteiger partial charge in [0.25, 0.3) is 0 Å². The minimum absolute atomic E-state index is 0.180. The Bertz CT molecular complexity index is 1020. The number of furan rings is 1. The van der Waals surface area contributed by atoms with Crippen molar-refractivity contribution >= 4 is 23.0 Å². The van der Waals surface area contributed by atoms with Gasteiger partial charge in [-0.3, -0.25) is 0 Å². The molecular formula is C21H21N3O3. The third-order valence-electron chi connectivity index (χ3n) is 4.55. The normalized spacial score (nSPS) is 14.9. The fourth-order valence-corrected chi connectivity index (χ4v) is 3.21. The summed E-state index contributed by atoms with van der Waals surface area (Å²) in [5.41, 5.74) is 3.08. The standard InChI is InChI=1S/C21H21N3O3/c1-3-4-8-17-14(2)27-19-18(17)22-20(15-6-5-7-16(25)13-15)23-21(19)24-9-11-26-12-10-24/h3-8,13,25H,1,9-12H2,2H3/b8-4-. The number of phenolic OH excluding ortho intramolecular Hbond substituents is 1. The van der Waals surface area contributed by atoms with Crippen molar-refractivity contribution in [2.75, 3.05) is 31.2 Å². The molecule has 0 saturated carbocycles. The van der Waals surface area contributed by atoms with Crippen LogP contribution >= 0.6 is 0 Å². The molecule has 4 rings (SSSR count). The molecule has 138 valence electrons. The fraction of sp³-hybridized carbons (Fsp3) is 0.238. The van der Waals surface area contributed by atoms with E-state index in [9.17, 15) is 5.11 Å². The first-order chi connectivity index (χ1) is 13.2. The Morgan fingerprint density at radius 2 is 2.04 bits per heavy atom. The van der Waals surface area contributed by atoms with Gasteiger partial charge < -0.3 is 19.2 Å². The van der Waals surface area contributed by atoms with Crippen LogP contribution in [0.2, 0.25) is 0 Å². The highest BCUT2D eigenvalue weighted by Gasteiger charge is 2.23. The lowest BCUT2D eigenvalue weighted by molar-refractivity contribution is 0.122. The maximum atomic E-state index is 9.86. The molecule has 0 bridgehead atoms. The predicted molar refractivity (Wildman–Crippen MR) is 106 cm³/mol. The first-order valence-electron chi connectivity index (χ1n) is 8.89. The number of benzene rings is 1. The average Bonchev–Trinajstić information content (AvgIpc) is 3.01. The highest BCUT2D eigenvalue weighted by atomic mass is 16.5. The lowest BCUT2D eigenvalue weighted by Gasteiger charge is -2.27. The molecule has 0 radical (unpaired) electrons. The van der Waals surface area contributed by atoms with E-state index in [0.29, 0.717) is 24.6 Å². The van der Waals surface area contributed by atoms with E-state index in [1.165, 1.54) is 0 Å². The SMILES string of the molecule is C=C/C=C\c1c(C)oc2c(N3CCOCC3)nc(-c3cccc(O)c3)nc12. The number of aromatic hydroxyl groups is 1. The highest BCUT2D eigenvalue weighted by molar-refractivity contribution is 5.93. The zero-order valence-corrected chi connectivity index (χ0v) is 15.2. The summed E-state index contributed by atoms with van der Waals surface area (Å²) >= 11 is 0. The number of hydrogen-bond acceptors (Lipinski definition) is 6. The third-order valence-corrected chi connectivity index (χ3v) is 4.55. The Labute approximate surface area is 157 Å². The molecular weight excluding hydrogens is 342 g/mol. The second-order valence-electron chi connectivity index (χ2n) is 6.37. The quantitative estimate of drug-likeness (QED) is 0.708. The van der Waals surface area contributed by atoms with E-state index in [2.05, 4.69) is 11.5 Å². The molecule has 0 amide bonds. The van der Waals surface area contributed by atoms with Gasteiger partial charge in [-0.05, 0) is 25.1 Å². The van der Waals surface area contributed by atoms with E-state index >= 15 is 0 Å². The van der Waals surface area contributed by atoms with Crippen LogP contribution in [0.1, 0.15) is 11.3 Å². The molecule has 0 aliphatic carbocycles. The van der Waals surface area contributed by atoms with Crippen LogP contribution in [-0.4, -0.2) is 41.4 Å². The maximum absolute atomic E-state index is 9.86. The van der Waals surface area contributed by atoms with E-state index in [0.717, 1.165) is 41.3 Å². The van der Waals surface area contributed by atoms with Crippen molar-refractivity contribution in [2.24, 2.45) is 0 Å². The van der Waals surface area contributed by atoms with Crippen LogP contribution in [0.5, 0.6) is 5.75 Å². The van der Waals surface area contributed by atoms with Crippen molar-refractivity contribution in [3.8, 4) is 17.1 Å². The Hall–Kier alpha value is -3.12. The third kappa shape index (κ3) is 3.31. The monoisotopic (exact) mass is 363 g/mol. The van der Waals surface area contributed by atoms with Crippen LogP contribution in [0.25, 0.3) is 28.6 Å².